The first-order chi connectivity index (χ1) is 7.78. The van der Waals surface area contributed by atoms with Gasteiger partial charge < -0.3 is 0 Å². The fraction of sp³-hybridized carbons (Fsp3) is 0.733. The molecule has 0 atom stereocenters. The van der Waals surface area contributed by atoms with E-state index in [4.69, 9.17) is 0 Å². The van der Waals surface area contributed by atoms with Crippen LogP contribution >= 0.6 is 24.8 Å². The third kappa shape index (κ3) is 4.64. The van der Waals surface area contributed by atoms with Gasteiger partial charge in [0.1, 0.15) is 0 Å². The fourth-order valence-electron chi connectivity index (χ4n) is 2.41. The summed E-state index contributed by atoms with van der Waals surface area (Å²) in [6, 6.07) is 0. The second kappa shape index (κ2) is 6.91. The average Bonchev–Trinajstić information content (AvgIpc) is 2.24. The van der Waals surface area contributed by atoms with Crippen LogP contribution in [-0.2, 0) is 20.4 Å². The van der Waals surface area contributed by atoms with E-state index in [1.54, 1.807) is 9.07 Å². The summed E-state index contributed by atoms with van der Waals surface area (Å²) in [4.78, 5) is 0. The maximum absolute atomic E-state index is 3.77. The van der Waals surface area contributed by atoms with Crippen molar-refractivity contribution < 1.29 is 20.4 Å². The Bertz CT molecular complexity index is 426. The van der Waals surface area contributed by atoms with Crippen molar-refractivity contribution >= 4 is 32.9 Å². The average molecular weight is 371 g/mol. The van der Waals surface area contributed by atoms with E-state index in [1.165, 1.54) is 11.3 Å². The Morgan fingerprint density at radius 3 is 1.75 bits per heavy atom. The van der Waals surface area contributed by atoms with Crippen LogP contribution in [0.15, 0.2) is 20.3 Å². The van der Waals surface area contributed by atoms with Gasteiger partial charge in [0.15, 0.2) is 0 Å². The summed E-state index contributed by atoms with van der Waals surface area (Å²) in [6.07, 6.45) is 0. The first-order valence-electron chi connectivity index (χ1n) is 6.75. The molecule has 0 fully saturated rings. The molecule has 0 heterocycles. The molecule has 0 aromatic carbocycles. The Labute approximate surface area is 150 Å². The fourth-order valence-corrected chi connectivity index (χ4v) is 6.71. The summed E-state index contributed by atoms with van der Waals surface area (Å²) < 4.78 is 1.57. The monoisotopic (exact) mass is 370 g/mol. The van der Waals surface area contributed by atoms with Crippen molar-refractivity contribution in [3.8, 4) is 0 Å². The van der Waals surface area contributed by atoms with E-state index in [1.807, 2.05) is 0 Å². The van der Waals surface area contributed by atoms with Gasteiger partial charge in [-0.1, -0.05) is 0 Å². The Morgan fingerprint density at radius 1 is 1.05 bits per heavy atom. The van der Waals surface area contributed by atoms with Crippen LogP contribution in [0.25, 0.3) is 0 Å². The molecular formula is C15H30Cl2NSiTi. The minimum atomic E-state index is -1.32. The molecule has 1 nitrogen and oxygen atoms in total. The molecule has 0 unspecified atom stereocenters. The van der Waals surface area contributed by atoms with Gasteiger partial charge in [-0.05, 0) is 0 Å². The van der Waals surface area contributed by atoms with Crippen molar-refractivity contribution in [3.63, 3.8) is 0 Å². The first kappa shape index (κ1) is 23.1. The molecule has 20 heavy (non-hydrogen) atoms. The van der Waals surface area contributed by atoms with Crippen LogP contribution in [-0.4, -0.2) is 13.6 Å². The van der Waals surface area contributed by atoms with Crippen LogP contribution in [0.1, 0.15) is 41.5 Å². The summed E-state index contributed by atoms with van der Waals surface area (Å²) >= 11 is 2.33. The maximum atomic E-state index is 3.77. The van der Waals surface area contributed by atoms with E-state index >= 15 is 0 Å². The summed E-state index contributed by atoms with van der Waals surface area (Å²) in [7, 11) is -1.32. The summed E-state index contributed by atoms with van der Waals surface area (Å²) in [5, 5.41) is 5.41. The molecule has 1 rings (SSSR count). The number of allylic oxidation sites excluding steroid dienone is 3. The molecule has 0 aromatic rings. The SMILES string of the molecule is CC1=C(NC(C)(C)C)C([Si](C)(C)C)=[C]([Ti])C1(C)C.Cl.Cl. The van der Waals surface area contributed by atoms with Crippen molar-refractivity contribution in [1.29, 1.82) is 0 Å². The third-order valence-corrected chi connectivity index (χ3v) is 7.44. The summed E-state index contributed by atoms with van der Waals surface area (Å²) in [6.45, 7) is 21.1. The molecule has 1 aliphatic carbocycles. The Morgan fingerprint density at radius 2 is 1.45 bits per heavy atom. The minimum absolute atomic E-state index is 0. The van der Waals surface area contributed by atoms with Crippen LogP contribution in [0.4, 0.5) is 0 Å². The first-order valence-corrected chi connectivity index (χ1v) is 11.0. The van der Waals surface area contributed by atoms with Crippen molar-refractivity contribution in [3.05, 3.63) is 20.3 Å². The number of hydrogen-bond acceptors (Lipinski definition) is 1. The van der Waals surface area contributed by atoms with Gasteiger partial charge >= 0.3 is 126 Å². The standard InChI is InChI=1S/C15H28NSi.2ClH.Ti/c1-11-13(16-14(2,3)4)12(17(7,8)9)10-15(11,5)6;;;/h16H,1-9H3;2*1H;. The zero-order valence-corrected chi connectivity index (χ0v) is 18.5. The maximum Gasteiger partial charge on any atom is -0.147 e. The predicted octanol–water partition coefficient (Wildman–Crippen LogP) is 5.21. The van der Waals surface area contributed by atoms with Crippen molar-refractivity contribution in [2.45, 2.75) is 66.7 Å². The summed E-state index contributed by atoms with van der Waals surface area (Å²) in [5.74, 6) is 0. The van der Waals surface area contributed by atoms with E-state index < -0.39 is 8.07 Å². The van der Waals surface area contributed by atoms with Crippen LogP contribution in [0.2, 0.25) is 19.6 Å². The van der Waals surface area contributed by atoms with Crippen LogP contribution in [0.5, 0.6) is 0 Å². The van der Waals surface area contributed by atoms with Crippen molar-refractivity contribution in [1.82, 2.24) is 5.32 Å². The molecule has 0 aliphatic heterocycles. The molecule has 0 aromatic heterocycles. The van der Waals surface area contributed by atoms with Gasteiger partial charge in [-0.15, -0.1) is 24.8 Å². The molecule has 0 saturated carbocycles. The molecule has 0 bridgehead atoms. The Kier molecular flexibility index (Phi) is 7.97. The quantitative estimate of drug-likeness (QED) is 0.657. The van der Waals surface area contributed by atoms with Gasteiger partial charge in [0.2, 0.25) is 0 Å². The molecule has 1 aliphatic rings. The predicted molar refractivity (Wildman–Crippen MR) is 94.2 cm³/mol. The Balaban J connectivity index is 0. The van der Waals surface area contributed by atoms with Crippen LogP contribution in [0, 0.1) is 5.41 Å². The minimum Gasteiger partial charge on any atom is -0.147 e. The normalized spacial score (nSPS) is 18.6. The number of nitrogens with one attached hydrogen (secondary N) is 1. The molecule has 0 amide bonds. The number of rotatable bonds is 2. The molecule has 0 spiro atoms. The molecule has 117 valence electrons. The van der Waals surface area contributed by atoms with E-state index in [2.05, 4.69) is 86.9 Å². The topological polar surface area (TPSA) is 12.0 Å². The van der Waals surface area contributed by atoms with E-state index in [9.17, 15) is 0 Å². The molecular weight excluding hydrogens is 341 g/mol. The van der Waals surface area contributed by atoms with E-state index in [-0.39, 0.29) is 35.8 Å². The summed E-state index contributed by atoms with van der Waals surface area (Å²) in [5.41, 5.74) is 3.28. The van der Waals surface area contributed by atoms with Gasteiger partial charge in [-0.25, -0.2) is 0 Å². The molecule has 1 N–H and O–H groups in total. The Hall–Kier alpha value is 0.791. The van der Waals surface area contributed by atoms with Gasteiger partial charge in [0.05, 0.1) is 0 Å². The van der Waals surface area contributed by atoms with E-state index in [0.717, 1.165) is 0 Å². The second-order valence-electron chi connectivity index (χ2n) is 8.00. The molecule has 0 radical (unpaired) electrons. The molecule has 0 saturated heterocycles. The third-order valence-electron chi connectivity index (χ3n) is 3.69. The van der Waals surface area contributed by atoms with E-state index in [0.29, 0.717) is 0 Å². The van der Waals surface area contributed by atoms with Crippen LogP contribution in [0.3, 0.4) is 0 Å². The molecule has 5 heteroatoms. The second-order valence-corrected chi connectivity index (χ2v) is 13.8. The zero-order valence-electron chi connectivity index (χ0n) is 14.3. The van der Waals surface area contributed by atoms with Gasteiger partial charge in [-0.2, -0.15) is 0 Å². The van der Waals surface area contributed by atoms with Gasteiger partial charge in [0, 0.05) is 0 Å². The zero-order chi connectivity index (χ0) is 14.5. The van der Waals surface area contributed by atoms with Gasteiger partial charge in [0.25, 0.3) is 0 Å². The van der Waals surface area contributed by atoms with Crippen molar-refractivity contribution in [2.75, 3.05) is 0 Å². The number of halogens is 2. The number of hydrogen-bond donors (Lipinski definition) is 1. The smallest absolute Gasteiger partial charge is 0.147 e. The van der Waals surface area contributed by atoms with Crippen LogP contribution < -0.4 is 5.32 Å². The largest absolute Gasteiger partial charge is 0.147 e. The van der Waals surface area contributed by atoms with Gasteiger partial charge in [-0.3, -0.25) is 0 Å². The van der Waals surface area contributed by atoms with Crippen molar-refractivity contribution in [2.24, 2.45) is 5.41 Å².